The van der Waals surface area contributed by atoms with Gasteiger partial charge in [0.15, 0.2) is 0 Å². The Morgan fingerprint density at radius 3 is 2.79 bits per heavy atom. The third kappa shape index (κ3) is 2.05. The number of aromatic nitrogens is 6. The Morgan fingerprint density at radius 2 is 2.04 bits per heavy atom. The van der Waals surface area contributed by atoms with Gasteiger partial charge in [0.05, 0.1) is 16.6 Å². The summed E-state index contributed by atoms with van der Waals surface area (Å²) in [5.41, 5.74) is 0.754. The number of thioether (sulfide) groups is 1. The van der Waals surface area contributed by atoms with Crippen molar-refractivity contribution in [2.24, 2.45) is 0 Å². The van der Waals surface area contributed by atoms with Gasteiger partial charge >= 0.3 is 0 Å². The van der Waals surface area contributed by atoms with E-state index in [9.17, 15) is 9.59 Å². The van der Waals surface area contributed by atoms with Crippen LogP contribution in [0.2, 0.25) is 0 Å². The van der Waals surface area contributed by atoms with Crippen molar-refractivity contribution in [1.29, 1.82) is 0 Å². The van der Waals surface area contributed by atoms with Crippen molar-refractivity contribution < 1.29 is 0 Å². The average molecular weight is 340 g/mol. The fourth-order valence-electron chi connectivity index (χ4n) is 2.65. The van der Waals surface area contributed by atoms with Crippen LogP contribution >= 0.6 is 11.8 Å². The van der Waals surface area contributed by atoms with Crippen molar-refractivity contribution in [3.05, 3.63) is 57.0 Å². The van der Waals surface area contributed by atoms with Gasteiger partial charge in [-0.25, -0.2) is 4.98 Å². The van der Waals surface area contributed by atoms with Gasteiger partial charge < -0.3 is 4.98 Å². The lowest BCUT2D eigenvalue weighted by atomic mass is 10.2. The van der Waals surface area contributed by atoms with Crippen LogP contribution in [0.4, 0.5) is 0 Å². The number of hydrogen-bond acceptors (Lipinski definition) is 6. The van der Waals surface area contributed by atoms with E-state index >= 15 is 0 Å². The molecule has 9 heteroatoms. The standard InChI is InChI=1S/C15H12N6O2S/c1-8-11-9(21-14(17-8)18-15(19-21)24-2)5-7-20(13(11)23)10-4-3-6-16-12(10)22/h3-7H,1-2H3,(H,16,22). The van der Waals surface area contributed by atoms with E-state index < -0.39 is 0 Å². The van der Waals surface area contributed by atoms with Gasteiger partial charge in [0.1, 0.15) is 5.69 Å². The van der Waals surface area contributed by atoms with Crippen LogP contribution in [0.5, 0.6) is 0 Å². The quantitative estimate of drug-likeness (QED) is 0.550. The molecule has 4 aromatic heterocycles. The molecule has 4 aromatic rings. The molecule has 1 N–H and O–H groups in total. The highest BCUT2D eigenvalue weighted by Crippen LogP contribution is 2.17. The van der Waals surface area contributed by atoms with E-state index in [-0.39, 0.29) is 16.8 Å². The van der Waals surface area contributed by atoms with Crippen LogP contribution in [-0.2, 0) is 0 Å². The first-order chi connectivity index (χ1) is 11.6. The summed E-state index contributed by atoms with van der Waals surface area (Å²) in [4.78, 5) is 36.2. The third-order valence-electron chi connectivity index (χ3n) is 3.74. The zero-order valence-corrected chi connectivity index (χ0v) is 13.7. The summed E-state index contributed by atoms with van der Waals surface area (Å²) in [5.74, 6) is 0.444. The summed E-state index contributed by atoms with van der Waals surface area (Å²) in [6, 6.07) is 5.00. The normalized spacial score (nSPS) is 11.4. The molecule has 0 atom stereocenters. The highest BCUT2D eigenvalue weighted by molar-refractivity contribution is 7.98. The van der Waals surface area contributed by atoms with Gasteiger partial charge in [-0.15, -0.1) is 5.10 Å². The van der Waals surface area contributed by atoms with Gasteiger partial charge in [0.25, 0.3) is 16.9 Å². The van der Waals surface area contributed by atoms with Gasteiger partial charge in [0, 0.05) is 12.4 Å². The molecule has 0 spiro atoms. The molecular weight excluding hydrogens is 328 g/mol. The number of nitrogens with one attached hydrogen (secondary N) is 1. The molecule has 0 radical (unpaired) electrons. The van der Waals surface area contributed by atoms with Crippen LogP contribution in [-0.4, -0.2) is 35.4 Å². The smallest absolute Gasteiger partial charge is 0.272 e. The van der Waals surface area contributed by atoms with Gasteiger partial charge in [-0.05, 0) is 31.4 Å². The number of H-pyrrole nitrogens is 1. The van der Waals surface area contributed by atoms with Crippen molar-refractivity contribution >= 4 is 28.4 Å². The topological polar surface area (TPSA) is 97.9 Å². The summed E-state index contributed by atoms with van der Waals surface area (Å²) >= 11 is 1.40. The second kappa shape index (κ2) is 5.31. The number of nitrogens with zero attached hydrogens (tertiary/aromatic N) is 5. The van der Waals surface area contributed by atoms with Crippen molar-refractivity contribution in [2.75, 3.05) is 6.26 Å². The minimum absolute atomic E-state index is 0.257. The van der Waals surface area contributed by atoms with Crippen LogP contribution < -0.4 is 11.1 Å². The van der Waals surface area contributed by atoms with Crippen LogP contribution in [0.1, 0.15) is 5.69 Å². The molecule has 0 saturated heterocycles. The molecule has 0 aromatic carbocycles. The highest BCUT2D eigenvalue weighted by Gasteiger charge is 2.15. The Labute approximate surface area is 139 Å². The second-order valence-corrected chi connectivity index (χ2v) is 5.92. The van der Waals surface area contributed by atoms with Crippen LogP contribution in [0.15, 0.2) is 45.3 Å². The summed E-state index contributed by atoms with van der Waals surface area (Å²) in [6.45, 7) is 1.75. The Kier molecular flexibility index (Phi) is 3.24. The molecule has 0 bridgehead atoms. The average Bonchev–Trinajstić information content (AvgIpc) is 2.99. The van der Waals surface area contributed by atoms with E-state index in [1.807, 2.05) is 6.26 Å². The zero-order chi connectivity index (χ0) is 16.8. The Morgan fingerprint density at radius 1 is 1.21 bits per heavy atom. The molecule has 4 rings (SSSR count). The predicted octanol–water partition coefficient (Wildman–Crippen LogP) is 1.15. The Balaban J connectivity index is 2.12. The van der Waals surface area contributed by atoms with E-state index in [0.717, 1.165) is 0 Å². The number of aryl methyl sites for hydroxylation is 1. The van der Waals surface area contributed by atoms with E-state index in [1.54, 1.807) is 35.8 Å². The highest BCUT2D eigenvalue weighted by atomic mass is 32.2. The minimum Gasteiger partial charge on any atom is -0.327 e. The Bertz CT molecular complexity index is 1210. The Hall–Kier alpha value is -2.94. The van der Waals surface area contributed by atoms with Crippen LogP contribution in [0.3, 0.4) is 0 Å². The number of aromatic amines is 1. The second-order valence-electron chi connectivity index (χ2n) is 5.14. The predicted molar refractivity (Wildman–Crippen MR) is 91.0 cm³/mol. The van der Waals surface area contributed by atoms with E-state index in [4.69, 9.17) is 0 Å². The van der Waals surface area contributed by atoms with Crippen LogP contribution in [0.25, 0.3) is 22.4 Å². The van der Waals surface area contributed by atoms with Gasteiger partial charge in [-0.2, -0.15) is 9.50 Å². The summed E-state index contributed by atoms with van der Waals surface area (Å²) < 4.78 is 2.86. The molecule has 8 nitrogen and oxygen atoms in total. The summed E-state index contributed by atoms with van der Waals surface area (Å²) in [7, 11) is 0. The van der Waals surface area contributed by atoms with Crippen LogP contribution in [0, 0.1) is 6.92 Å². The lowest BCUT2D eigenvalue weighted by molar-refractivity contribution is 0.899. The fourth-order valence-corrected chi connectivity index (χ4v) is 2.98. The SMILES string of the molecule is CSc1nc2nc(C)c3c(=O)n(-c4ccc[nH]c4=O)ccc3n2n1. The summed E-state index contributed by atoms with van der Waals surface area (Å²) in [5, 5.41) is 5.34. The number of rotatable bonds is 2. The van der Waals surface area contributed by atoms with E-state index in [0.29, 0.717) is 27.5 Å². The first kappa shape index (κ1) is 14.6. The maximum absolute atomic E-state index is 12.9. The fraction of sp³-hybridized carbons (Fsp3) is 0.133. The van der Waals surface area contributed by atoms with Crippen molar-refractivity contribution in [3.63, 3.8) is 0 Å². The largest absolute Gasteiger partial charge is 0.327 e. The monoisotopic (exact) mass is 340 g/mol. The maximum atomic E-state index is 12.9. The van der Waals surface area contributed by atoms with Gasteiger partial charge in [-0.3, -0.25) is 14.2 Å². The minimum atomic E-state index is -0.337. The molecule has 0 amide bonds. The number of pyridine rings is 2. The zero-order valence-electron chi connectivity index (χ0n) is 12.8. The molecule has 0 fully saturated rings. The molecule has 120 valence electrons. The third-order valence-corrected chi connectivity index (χ3v) is 4.28. The first-order valence-corrected chi connectivity index (χ1v) is 8.33. The molecule has 0 unspecified atom stereocenters. The van der Waals surface area contributed by atoms with Crippen molar-refractivity contribution in [1.82, 2.24) is 29.1 Å². The molecule has 0 aliphatic rings. The first-order valence-electron chi connectivity index (χ1n) is 7.11. The molecule has 0 aliphatic heterocycles. The maximum Gasteiger partial charge on any atom is 0.272 e. The lowest BCUT2D eigenvalue weighted by Crippen LogP contribution is -2.25. The van der Waals surface area contributed by atoms with E-state index in [1.165, 1.54) is 22.5 Å². The lowest BCUT2D eigenvalue weighted by Gasteiger charge is -2.08. The summed E-state index contributed by atoms with van der Waals surface area (Å²) in [6.07, 6.45) is 4.96. The van der Waals surface area contributed by atoms with Crippen molar-refractivity contribution in [2.45, 2.75) is 12.1 Å². The molecule has 4 heterocycles. The molecule has 0 aliphatic carbocycles. The van der Waals surface area contributed by atoms with E-state index in [2.05, 4.69) is 20.1 Å². The van der Waals surface area contributed by atoms with Gasteiger partial charge in [0.2, 0.25) is 5.16 Å². The number of fused-ring (bicyclic) bond motifs is 3. The van der Waals surface area contributed by atoms with Gasteiger partial charge in [-0.1, -0.05) is 11.8 Å². The molecular formula is C15H12N6O2S. The molecule has 0 saturated carbocycles. The molecule has 24 heavy (non-hydrogen) atoms. The number of hydrogen-bond donors (Lipinski definition) is 1. The van der Waals surface area contributed by atoms with Crippen molar-refractivity contribution in [3.8, 4) is 5.69 Å².